The quantitative estimate of drug-likeness (QED) is 0.551. The number of hydrogen-bond acceptors (Lipinski definition) is 3. The Hall–Kier alpha value is -0.190. The number of nitrogens with two attached hydrogens (primary N) is 1. The van der Waals surface area contributed by atoms with E-state index in [0.29, 0.717) is 25.9 Å². The predicted molar refractivity (Wildman–Crippen MR) is 56.9 cm³/mol. The highest BCUT2D eigenvalue weighted by Gasteiger charge is 2.14. The smallest absolute Gasteiger partial charge is 0.113 e. The van der Waals surface area contributed by atoms with E-state index in [1.165, 1.54) is 6.92 Å². The third kappa shape index (κ3) is 6.29. The van der Waals surface area contributed by atoms with E-state index in [1.54, 1.807) is 0 Å². The molecule has 14 heavy (non-hydrogen) atoms. The number of nitrogens with one attached hydrogen (secondary N) is 1. The van der Waals surface area contributed by atoms with Gasteiger partial charge in [0.25, 0.3) is 0 Å². The van der Waals surface area contributed by atoms with Crippen LogP contribution in [0.4, 0.5) is 4.39 Å². The Morgan fingerprint density at radius 2 is 2.07 bits per heavy atom. The largest absolute Gasteiger partial charge is 0.393 e. The molecule has 0 radical (unpaired) electrons. The minimum absolute atomic E-state index is 0.177. The van der Waals surface area contributed by atoms with Crippen LogP contribution in [-0.4, -0.2) is 36.5 Å². The van der Waals surface area contributed by atoms with Crippen molar-refractivity contribution in [3.8, 4) is 0 Å². The molecule has 86 valence electrons. The number of aliphatic hydroxyl groups is 1. The maximum Gasteiger partial charge on any atom is 0.113 e. The molecule has 0 heterocycles. The first-order valence-corrected chi connectivity index (χ1v) is 5.37. The number of aliphatic hydroxyl groups excluding tert-OH is 1. The maximum absolute atomic E-state index is 13.0. The van der Waals surface area contributed by atoms with Crippen molar-refractivity contribution in [1.29, 1.82) is 0 Å². The number of hydrogen-bond donors (Lipinski definition) is 3. The topological polar surface area (TPSA) is 58.3 Å². The van der Waals surface area contributed by atoms with Crippen LogP contribution in [0.5, 0.6) is 0 Å². The van der Waals surface area contributed by atoms with Gasteiger partial charge in [0.1, 0.15) is 6.17 Å². The molecule has 0 aromatic carbocycles. The van der Waals surface area contributed by atoms with Crippen LogP contribution in [0, 0.1) is 0 Å². The van der Waals surface area contributed by atoms with Gasteiger partial charge >= 0.3 is 0 Å². The first-order valence-electron chi connectivity index (χ1n) is 5.37. The molecule has 0 aromatic heterocycles. The lowest BCUT2D eigenvalue weighted by Gasteiger charge is -2.20. The van der Waals surface area contributed by atoms with Gasteiger partial charge in [-0.15, -0.1) is 0 Å². The molecule has 0 aliphatic carbocycles. The Bertz CT molecular complexity index is 133. The van der Waals surface area contributed by atoms with Crippen molar-refractivity contribution < 1.29 is 9.50 Å². The van der Waals surface area contributed by atoms with E-state index in [9.17, 15) is 9.50 Å². The van der Waals surface area contributed by atoms with E-state index >= 15 is 0 Å². The summed E-state index contributed by atoms with van der Waals surface area (Å²) in [5.41, 5.74) is 5.37. The number of rotatable bonds is 8. The number of alkyl halides is 1. The minimum Gasteiger partial charge on any atom is -0.393 e. The SMILES string of the molecule is CCC(O)CCNC(CCN)[C@H](C)F. The van der Waals surface area contributed by atoms with E-state index in [4.69, 9.17) is 5.73 Å². The average Bonchev–Trinajstić information content (AvgIpc) is 2.16. The summed E-state index contributed by atoms with van der Waals surface area (Å²) in [6.45, 7) is 4.60. The van der Waals surface area contributed by atoms with Crippen LogP contribution in [0.15, 0.2) is 0 Å². The zero-order valence-electron chi connectivity index (χ0n) is 9.17. The molecule has 0 spiro atoms. The van der Waals surface area contributed by atoms with Gasteiger partial charge in [-0.25, -0.2) is 4.39 Å². The zero-order valence-corrected chi connectivity index (χ0v) is 9.17. The fraction of sp³-hybridized carbons (Fsp3) is 1.00. The summed E-state index contributed by atoms with van der Waals surface area (Å²) >= 11 is 0. The molecule has 0 saturated carbocycles. The molecule has 4 N–H and O–H groups in total. The Kier molecular flexibility index (Phi) is 8.04. The van der Waals surface area contributed by atoms with E-state index < -0.39 is 6.17 Å². The van der Waals surface area contributed by atoms with Gasteiger partial charge in [0.2, 0.25) is 0 Å². The van der Waals surface area contributed by atoms with Crippen LogP contribution in [0.3, 0.4) is 0 Å². The lowest BCUT2D eigenvalue weighted by Crippen LogP contribution is -2.39. The van der Waals surface area contributed by atoms with Gasteiger partial charge < -0.3 is 16.2 Å². The first-order chi connectivity index (χ1) is 6.61. The van der Waals surface area contributed by atoms with Crippen LogP contribution in [-0.2, 0) is 0 Å². The molecule has 0 saturated heterocycles. The van der Waals surface area contributed by atoms with Gasteiger partial charge in [0.05, 0.1) is 6.10 Å². The summed E-state index contributed by atoms with van der Waals surface area (Å²) < 4.78 is 13.0. The van der Waals surface area contributed by atoms with Gasteiger partial charge in [-0.3, -0.25) is 0 Å². The standard InChI is InChI=1S/C10H23FN2O/c1-3-9(14)5-7-13-10(4-6-12)8(2)11/h8-10,13-14H,3-7,12H2,1-2H3/t8-,9?,10?/m0/s1. The first kappa shape index (κ1) is 13.8. The normalized spacial score (nSPS) is 17.8. The minimum atomic E-state index is -0.891. The average molecular weight is 206 g/mol. The second kappa shape index (κ2) is 8.15. The van der Waals surface area contributed by atoms with Crippen molar-refractivity contribution >= 4 is 0 Å². The zero-order chi connectivity index (χ0) is 11.0. The summed E-state index contributed by atoms with van der Waals surface area (Å²) in [5.74, 6) is 0. The van der Waals surface area contributed by atoms with Crippen LogP contribution in [0.1, 0.15) is 33.1 Å². The van der Waals surface area contributed by atoms with E-state index in [-0.39, 0.29) is 12.1 Å². The molecular weight excluding hydrogens is 183 g/mol. The predicted octanol–water partition coefficient (Wildman–Crippen LogP) is 0.812. The van der Waals surface area contributed by atoms with Crippen molar-refractivity contribution in [3.05, 3.63) is 0 Å². The summed E-state index contributed by atoms with van der Waals surface area (Å²) in [6.07, 6.45) is 0.881. The summed E-state index contributed by atoms with van der Waals surface area (Å²) in [7, 11) is 0. The van der Waals surface area contributed by atoms with Crippen LogP contribution in [0.2, 0.25) is 0 Å². The van der Waals surface area contributed by atoms with E-state index in [1.807, 2.05) is 6.92 Å². The molecule has 4 heteroatoms. The van der Waals surface area contributed by atoms with Gasteiger partial charge in [0, 0.05) is 6.04 Å². The highest BCUT2D eigenvalue weighted by Crippen LogP contribution is 2.03. The van der Waals surface area contributed by atoms with Crippen molar-refractivity contribution in [3.63, 3.8) is 0 Å². The Morgan fingerprint density at radius 1 is 1.43 bits per heavy atom. The molecule has 0 amide bonds. The van der Waals surface area contributed by atoms with Crippen molar-refractivity contribution in [1.82, 2.24) is 5.32 Å². The molecule has 2 unspecified atom stereocenters. The third-order valence-corrected chi connectivity index (χ3v) is 2.39. The molecule has 0 aliphatic rings. The molecule has 0 fully saturated rings. The van der Waals surface area contributed by atoms with Crippen molar-refractivity contribution in [2.24, 2.45) is 5.73 Å². The van der Waals surface area contributed by atoms with Gasteiger partial charge in [-0.05, 0) is 39.3 Å². The van der Waals surface area contributed by atoms with Crippen molar-refractivity contribution in [2.45, 2.75) is 51.4 Å². The molecule has 0 bridgehead atoms. The van der Waals surface area contributed by atoms with Crippen LogP contribution < -0.4 is 11.1 Å². The second-order valence-electron chi connectivity index (χ2n) is 3.67. The van der Waals surface area contributed by atoms with E-state index in [0.717, 1.165) is 6.42 Å². The molecular formula is C10H23FN2O. The third-order valence-electron chi connectivity index (χ3n) is 2.39. The lowest BCUT2D eigenvalue weighted by molar-refractivity contribution is 0.154. The second-order valence-corrected chi connectivity index (χ2v) is 3.67. The fourth-order valence-electron chi connectivity index (χ4n) is 1.31. The summed E-state index contributed by atoms with van der Waals surface area (Å²) in [4.78, 5) is 0. The summed E-state index contributed by atoms with van der Waals surface area (Å²) in [5, 5.41) is 12.4. The highest BCUT2D eigenvalue weighted by atomic mass is 19.1. The van der Waals surface area contributed by atoms with Crippen LogP contribution in [0.25, 0.3) is 0 Å². The summed E-state index contributed by atoms with van der Waals surface area (Å²) in [6, 6.07) is -0.177. The van der Waals surface area contributed by atoms with E-state index in [2.05, 4.69) is 5.32 Å². The Labute approximate surface area is 85.9 Å². The Balaban J connectivity index is 3.60. The lowest BCUT2D eigenvalue weighted by atomic mass is 10.1. The Morgan fingerprint density at radius 3 is 2.50 bits per heavy atom. The van der Waals surface area contributed by atoms with Crippen LogP contribution >= 0.6 is 0 Å². The van der Waals surface area contributed by atoms with Crippen molar-refractivity contribution in [2.75, 3.05) is 13.1 Å². The molecule has 0 aromatic rings. The van der Waals surface area contributed by atoms with Gasteiger partial charge in [0.15, 0.2) is 0 Å². The monoisotopic (exact) mass is 206 g/mol. The highest BCUT2D eigenvalue weighted by molar-refractivity contribution is 4.73. The van der Waals surface area contributed by atoms with Gasteiger partial charge in [-0.2, -0.15) is 0 Å². The van der Waals surface area contributed by atoms with Gasteiger partial charge in [-0.1, -0.05) is 6.92 Å². The molecule has 3 atom stereocenters. The number of halogens is 1. The maximum atomic E-state index is 13.0. The molecule has 3 nitrogen and oxygen atoms in total. The molecule has 0 aliphatic heterocycles. The molecule has 0 rings (SSSR count). The fourth-order valence-corrected chi connectivity index (χ4v) is 1.31.